The molecule has 2 rings (SSSR count). The zero-order chi connectivity index (χ0) is 15.2. The summed E-state index contributed by atoms with van der Waals surface area (Å²) in [5, 5.41) is 16.5. The lowest BCUT2D eigenvalue weighted by molar-refractivity contribution is -0.384. The molecule has 1 heterocycles. The second-order valence-electron chi connectivity index (χ2n) is 4.21. The van der Waals surface area contributed by atoms with Crippen LogP contribution in [0.4, 0.5) is 11.4 Å². The van der Waals surface area contributed by atoms with Gasteiger partial charge in [-0.2, -0.15) is 0 Å². The maximum absolute atomic E-state index is 12.1. The first kappa shape index (κ1) is 14.4. The van der Waals surface area contributed by atoms with E-state index >= 15 is 0 Å². The summed E-state index contributed by atoms with van der Waals surface area (Å²) in [6.45, 7) is 0.209. The van der Waals surface area contributed by atoms with Crippen molar-refractivity contribution in [2.24, 2.45) is 0 Å². The van der Waals surface area contributed by atoms with E-state index in [2.05, 4.69) is 15.6 Å². The predicted octanol–water partition coefficient (Wildman–Crippen LogP) is 1.96. The molecule has 0 fully saturated rings. The number of anilines is 1. The molecular weight excluding hydrogens is 272 g/mol. The number of carbonyl (C=O) groups is 1. The molecule has 1 aromatic heterocycles. The summed E-state index contributed by atoms with van der Waals surface area (Å²) in [4.78, 5) is 26.8. The highest BCUT2D eigenvalue weighted by molar-refractivity contribution is 6.00. The van der Waals surface area contributed by atoms with E-state index in [-0.39, 0.29) is 17.8 Å². The summed E-state index contributed by atoms with van der Waals surface area (Å²) in [6, 6.07) is 9.90. The number of nitro benzene ring substituents is 1. The molecule has 108 valence electrons. The van der Waals surface area contributed by atoms with Crippen LogP contribution in [0.2, 0.25) is 0 Å². The molecule has 0 radical (unpaired) electrons. The average molecular weight is 286 g/mol. The number of nitro groups is 1. The molecule has 1 aromatic carbocycles. The van der Waals surface area contributed by atoms with E-state index < -0.39 is 10.8 Å². The van der Waals surface area contributed by atoms with Crippen LogP contribution in [0.1, 0.15) is 16.1 Å². The summed E-state index contributed by atoms with van der Waals surface area (Å²) in [6.07, 6.45) is 1.62. The third-order valence-corrected chi connectivity index (χ3v) is 2.89. The summed E-state index contributed by atoms with van der Waals surface area (Å²) < 4.78 is 0. The van der Waals surface area contributed by atoms with Gasteiger partial charge >= 0.3 is 5.69 Å². The zero-order valence-electron chi connectivity index (χ0n) is 11.4. The maximum Gasteiger partial charge on any atom is 0.305 e. The molecule has 0 aliphatic rings. The minimum Gasteiger partial charge on any atom is -0.383 e. The van der Waals surface area contributed by atoms with Crippen molar-refractivity contribution < 1.29 is 9.72 Å². The average Bonchev–Trinajstić information content (AvgIpc) is 2.52. The third-order valence-electron chi connectivity index (χ3n) is 2.89. The van der Waals surface area contributed by atoms with Gasteiger partial charge in [0.2, 0.25) is 0 Å². The Morgan fingerprint density at radius 2 is 2.10 bits per heavy atom. The van der Waals surface area contributed by atoms with Crippen LogP contribution in [0.3, 0.4) is 0 Å². The normalized spacial score (nSPS) is 9.95. The highest BCUT2D eigenvalue weighted by Crippen LogP contribution is 2.28. The van der Waals surface area contributed by atoms with Gasteiger partial charge in [-0.3, -0.25) is 19.9 Å². The van der Waals surface area contributed by atoms with Crippen LogP contribution in [-0.2, 0) is 6.54 Å². The number of rotatable bonds is 5. The zero-order valence-corrected chi connectivity index (χ0v) is 11.4. The van der Waals surface area contributed by atoms with Crippen molar-refractivity contribution in [2.75, 3.05) is 12.4 Å². The molecule has 0 spiro atoms. The molecule has 2 aromatic rings. The van der Waals surface area contributed by atoms with Crippen LogP contribution in [0.25, 0.3) is 0 Å². The molecule has 7 heteroatoms. The molecule has 0 saturated carbocycles. The Morgan fingerprint density at radius 1 is 1.29 bits per heavy atom. The molecular formula is C14H14N4O3. The topological polar surface area (TPSA) is 97.2 Å². The molecule has 1 amide bonds. The number of para-hydroxylation sites is 1. The van der Waals surface area contributed by atoms with E-state index in [1.54, 1.807) is 43.6 Å². The van der Waals surface area contributed by atoms with Gasteiger partial charge in [0.15, 0.2) is 0 Å². The Kier molecular flexibility index (Phi) is 4.45. The monoisotopic (exact) mass is 286 g/mol. The largest absolute Gasteiger partial charge is 0.383 e. The van der Waals surface area contributed by atoms with Crippen LogP contribution in [0, 0.1) is 10.1 Å². The predicted molar refractivity (Wildman–Crippen MR) is 78.1 cm³/mol. The summed E-state index contributed by atoms with van der Waals surface area (Å²) in [5.74, 6) is -0.510. The van der Waals surface area contributed by atoms with Gasteiger partial charge in [-0.15, -0.1) is 0 Å². The molecule has 0 atom stereocenters. The van der Waals surface area contributed by atoms with Crippen molar-refractivity contribution in [3.05, 3.63) is 64.0 Å². The number of pyridine rings is 1. The number of hydrogen-bond donors (Lipinski definition) is 2. The van der Waals surface area contributed by atoms with Crippen molar-refractivity contribution >= 4 is 17.3 Å². The first-order valence-corrected chi connectivity index (χ1v) is 6.26. The highest BCUT2D eigenvalue weighted by Gasteiger charge is 2.23. The second-order valence-corrected chi connectivity index (χ2v) is 4.21. The number of nitrogens with zero attached hydrogens (tertiary/aromatic N) is 2. The summed E-state index contributed by atoms with van der Waals surface area (Å²) in [7, 11) is 1.57. The van der Waals surface area contributed by atoms with E-state index in [0.29, 0.717) is 11.4 Å². The number of carbonyl (C=O) groups excluding carboxylic acids is 1. The highest BCUT2D eigenvalue weighted by atomic mass is 16.6. The van der Waals surface area contributed by atoms with Crippen molar-refractivity contribution in [3.63, 3.8) is 0 Å². The van der Waals surface area contributed by atoms with Gasteiger partial charge in [0.25, 0.3) is 5.91 Å². The number of amides is 1. The van der Waals surface area contributed by atoms with Crippen LogP contribution in [0.5, 0.6) is 0 Å². The maximum atomic E-state index is 12.1. The lowest BCUT2D eigenvalue weighted by Gasteiger charge is -2.08. The Hall–Kier alpha value is -2.96. The number of benzene rings is 1. The van der Waals surface area contributed by atoms with Crippen molar-refractivity contribution in [3.8, 4) is 0 Å². The fourth-order valence-corrected chi connectivity index (χ4v) is 1.89. The second kappa shape index (κ2) is 6.47. The molecule has 0 aliphatic carbocycles. The minimum atomic E-state index is -0.568. The number of hydrogen-bond acceptors (Lipinski definition) is 5. The summed E-state index contributed by atoms with van der Waals surface area (Å²) in [5.41, 5.74) is 0.755. The smallest absolute Gasteiger partial charge is 0.305 e. The van der Waals surface area contributed by atoms with Crippen molar-refractivity contribution in [1.82, 2.24) is 10.3 Å². The first-order chi connectivity index (χ1) is 10.1. The molecule has 21 heavy (non-hydrogen) atoms. The van der Waals surface area contributed by atoms with Gasteiger partial charge in [-0.1, -0.05) is 12.1 Å². The fourth-order valence-electron chi connectivity index (χ4n) is 1.89. The van der Waals surface area contributed by atoms with E-state index in [1.807, 2.05) is 0 Å². The van der Waals surface area contributed by atoms with E-state index in [9.17, 15) is 14.9 Å². The molecule has 7 nitrogen and oxygen atoms in total. The Bertz CT molecular complexity index is 659. The van der Waals surface area contributed by atoms with Crippen molar-refractivity contribution in [1.29, 1.82) is 0 Å². The number of aromatic nitrogens is 1. The quantitative estimate of drug-likeness (QED) is 0.647. The van der Waals surface area contributed by atoms with Gasteiger partial charge in [0.1, 0.15) is 11.3 Å². The van der Waals surface area contributed by atoms with E-state index in [4.69, 9.17) is 0 Å². The minimum absolute atomic E-state index is 0.0165. The fraction of sp³-hybridized carbons (Fsp3) is 0.143. The Balaban J connectivity index is 2.21. The lowest BCUT2D eigenvalue weighted by atomic mass is 10.1. The Labute approximate surface area is 121 Å². The van der Waals surface area contributed by atoms with E-state index in [0.717, 1.165) is 0 Å². The van der Waals surface area contributed by atoms with Crippen LogP contribution < -0.4 is 10.6 Å². The van der Waals surface area contributed by atoms with Gasteiger partial charge in [-0.05, 0) is 24.3 Å². The molecule has 0 saturated heterocycles. The molecule has 2 N–H and O–H groups in total. The molecule has 0 aliphatic heterocycles. The molecule has 0 bridgehead atoms. The van der Waals surface area contributed by atoms with Crippen molar-refractivity contribution in [2.45, 2.75) is 6.54 Å². The number of nitrogens with one attached hydrogen (secondary N) is 2. The standard InChI is InChI=1S/C14H14N4O3/c1-15-12-7-4-6-11(13(12)18(20)21)14(19)17-9-10-5-2-3-8-16-10/h2-8,15H,9H2,1H3,(H,17,19). The SMILES string of the molecule is CNc1cccc(C(=O)NCc2ccccn2)c1[N+](=O)[O-]. The first-order valence-electron chi connectivity index (χ1n) is 6.26. The lowest BCUT2D eigenvalue weighted by Crippen LogP contribution is -2.24. The van der Waals surface area contributed by atoms with E-state index in [1.165, 1.54) is 6.07 Å². The van der Waals surface area contributed by atoms with Gasteiger partial charge in [0.05, 0.1) is 17.2 Å². The Morgan fingerprint density at radius 3 is 2.71 bits per heavy atom. The van der Waals surface area contributed by atoms with Crippen LogP contribution in [-0.4, -0.2) is 22.9 Å². The van der Waals surface area contributed by atoms with Gasteiger partial charge in [0, 0.05) is 13.2 Å². The molecule has 0 unspecified atom stereocenters. The summed E-state index contributed by atoms with van der Waals surface area (Å²) >= 11 is 0. The third kappa shape index (κ3) is 3.33. The van der Waals surface area contributed by atoms with Crippen LogP contribution in [0.15, 0.2) is 42.6 Å². The van der Waals surface area contributed by atoms with Gasteiger partial charge in [-0.25, -0.2) is 0 Å². The van der Waals surface area contributed by atoms with Gasteiger partial charge < -0.3 is 10.6 Å². The van der Waals surface area contributed by atoms with Crippen LogP contribution >= 0.6 is 0 Å².